The topological polar surface area (TPSA) is 97.3 Å². The number of amidine groups is 1. The third kappa shape index (κ3) is 4.36. The first-order valence-electron chi connectivity index (χ1n) is 11.5. The highest BCUT2D eigenvalue weighted by atomic mass is 35.5. The summed E-state index contributed by atoms with van der Waals surface area (Å²) in [4.78, 5) is 9.87. The molecule has 0 spiro atoms. The van der Waals surface area contributed by atoms with Crippen LogP contribution in [0.1, 0.15) is 24.0 Å². The molecule has 38 heavy (non-hydrogen) atoms. The number of aliphatic imine (C=N–C) groups is 2. The summed E-state index contributed by atoms with van der Waals surface area (Å²) in [6.07, 6.45) is 6.32. The van der Waals surface area contributed by atoms with Crippen LogP contribution in [0.3, 0.4) is 0 Å². The number of nitrogens with two attached hydrogens (primary N) is 1. The summed E-state index contributed by atoms with van der Waals surface area (Å²) in [6.45, 7) is 0.977. The molecule has 0 amide bonds. The van der Waals surface area contributed by atoms with Crippen LogP contribution in [0, 0.1) is 0 Å². The number of benzene rings is 2. The van der Waals surface area contributed by atoms with Crippen LogP contribution >= 0.6 is 23.2 Å². The van der Waals surface area contributed by atoms with Crippen LogP contribution in [0.25, 0.3) is 5.57 Å². The first-order chi connectivity index (χ1) is 17.9. The van der Waals surface area contributed by atoms with E-state index in [1.165, 1.54) is 12.1 Å². The van der Waals surface area contributed by atoms with Crippen LogP contribution in [0.2, 0.25) is 5.02 Å². The highest BCUT2D eigenvalue weighted by molar-refractivity contribution is 7.88. The molecule has 0 aromatic heterocycles. The fraction of sp³-hybridized carbons (Fsp3) is 0.280. The second-order valence-electron chi connectivity index (χ2n) is 9.00. The predicted octanol–water partition coefficient (Wildman–Crippen LogP) is 5.22. The standard InChI is InChI=1S/C25H21Cl2F3N4O3S/c26-19-8-1-5-16(13-19)17-6-3-10-23(27,15-17)24(21-32-11-4-12-34(21)22(31)33-24)18-7-2-9-20(14-18)37-38(35,36)25(28,29)30/h1-3,5-10,13-14H,4,11-12,15H2,(H2,31,33). The van der Waals surface area contributed by atoms with Gasteiger partial charge in [-0.3, -0.25) is 9.89 Å². The molecule has 0 saturated carbocycles. The van der Waals surface area contributed by atoms with Gasteiger partial charge in [0.1, 0.15) is 16.5 Å². The van der Waals surface area contributed by atoms with E-state index in [2.05, 4.69) is 4.18 Å². The van der Waals surface area contributed by atoms with Crippen molar-refractivity contribution in [1.82, 2.24) is 4.90 Å². The fourth-order valence-electron chi connectivity index (χ4n) is 4.93. The predicted molar refractivity (Wildman–Crippen MR) is 141 cm³/mol. The first kappa shape index (κ1) is 26.6. The second kappa shape index (κ2) is 9.32. The van der Waals surface area contributed by atoms with Gasteiger partial charge in [-0.05, 0) is 53.8 Å². The molecule has 7 nitrogen and oxygen atoms in total. The van der Waals surface area contributed by atoms with Crippen LogP contribution in [0.5, 0.6) is 5.75 Å². The molecule has 2 unspecified atom stereocenters. The maximum Gasteiger partial charge on any atom is 0.534 e. The van der Waals surface area contributed by atoms with Gasteiger partial charge in [0.25, 0.3) is 0 Å². The smallest absolute Gasteiger partial charge is 0.376 e. The van der Waals surface area contributed by atoms with Crippen molar-refractivity contribution >= 4 is 50.7 Å². The lowest BCUT2D eigenvalue weighted by molar-refractivity contribution is -0.0500. The molecule has 2 N–H and O–H groups in total. The Bertz CT molecular complexity index is 1520. The van der Waals surface area contributed by atoms with Gasteiger partial charge >= 0.3 is 15.6 Å². The average molecular weight is 585 g/mol. The minimum atomic E-state index is -5.90. The Morgan fingerprint density at radius 2 is 1.89 bits per heavy atom. The number of allylic oxidation sites excluding steroid dienone is 3. The Balaban J connectivity index is 1.66. The zero-order valence-corrected chi connectivity index (χ0v) is 21.9. The van der Waals surface area contributed by atoms with Gasteiger partial charge in [-0.1, -0.05) is 54.1 Å². The van der Waals surface area contributed by atoms with Crippen LogP contribution < -0.4 is 9.92 Å². The van der Waals surface area contributed by atoms with E-state index in [4.69, 9.17) is 38.9 Å². The molecule has 0 fully saturated rings. The van der Waals surface area contributed by atoms with Gasteiger partial charge in [-0.25, -0.2) is 4.99 Å². The van der Waals surface area contributed by atoms with E-state index in [0.717, 1.165) is 17.2 Å². The molecule has 0 bridgehead atoms. The molecule has 3 aliphatic rings. The van der Waals surface area contributed by atoms with Crippen molar-refractivity contribution in [3.63, 3.8) is 0 Å². The van der Waals surface area contributed by atoms with Crippen molar-refractivity contribution < 1.29 is 25.8 Å². The van der Waals surface area contributed by atoms with Crippen molar-refractivity contribution in [3.8, 4) is 5.75 Å². The minimum Gasteiger partial charge on any atom is -0.376 e. The van der Waals surface area contributed by atoms with Gasteiger partial charge in [0, 0.05) is 18.1 Å². The van der Waals surface area contributed by atoms with Crippen molar-refractivity contribution in [1.29, 1.82) is 0 Å². The molecule has 13 heteroatoms. The summed E-state index contributed by atoms with van der Waals surface area (Å²) in [5.74, 6) is 0.0162. The zero-order valence-electron chi connectivity index (χ0n) is 19.6. The van der Waals surface area contributed by atoms with E-state index >= 15 is 0 Å². The monoisotopic (exact) mass is 584 g/mol. The number of nitrogens with zero attached hydrogens (tertiary/aromatic N) is 3. The van der Waals surface area contributed by atoms with E-state index in [1.807, 2.05) is 18.2 Å². The van der Waals surface area contributed by atoms with Crippen molar-refractivity contribution in [3.05, 3.63) is 82.9 Å². The molecule has 2 atom stereocenters. The molecule has 1 aliphatic carbocycles. The number of rotatable bonds is 5. The van der Waals surface area contributed by atoms with Gasteiger partial charge in [-0.15, -0.1) is 11.6 Å². The summed E-state index contributed by atoms with van der Waals surface area (Å²) in [5.41, 5.74) is 1.16. The average Bonchev–Trinajstić information content (AvgIpc) is 3.17. The van der Waals surface area contributed by atoms with Crippen LogP contribution in [-0.2, 0) is 15.7 Å². The van der Waals surface area contributed by atoms with E-state index in [-0.39, 0.29) is 17.9 Å². The number of alkyl halides is 4. The Labute approximate surface area is 227 Å². The van der Waals surface area contributed by atoms with E-state index in [1.54, 1.807) is 35.3 Å². The van der Waals surface area contributed by atoms with Gasteiger partial charge in [0.15, 0.2) is 11.5 Å². The van der Waals surface area contributed by atoms with Gasteiger partial charge in [0.05, 0.1) is 0 Å². The minimum absolute atomic E-state index is 0.143. The summed E-state index contributed by atoms with van der Waals surface area (Å²) in [6, 6.07) is 12.5. The molecule has 200 valence electrons. The van der Waals surface area contributed by atoms with Crippen LogP contribution in [0.15, 0.2) is 76.7 Å². The third-order valence-electron chi connectivity index (χ3n) is 6.58. The maximum atomic E-state index is 13.0. The molecular formula is C25H21Cl2F3N4O3S. The Morgan fingerprint density at radius 3 is 2.63 bits per heavy atom. The number of hydrogen-bond donors (Lipinski definition) is 1. The number of fused-ring (bicyclic) bond motifs is 1. The van der Waals surface area contributed by atoms with E-state index < -0.39 is 31.8 Å². The maximum absolute atomic E-state index is 13.0. The lowest BCUT2D eigenvalue weighted by Gasteiger charge is -2.44. The summed E-state index contributed by atoms with van der Waals surface area (Å²) in [5, 5.41) is 0.537. The van der Waals surface area contributed by atoms with Crippen molar-refractivity contribution in [2.24, 2.45) is 15.7 Å². The number of hydrogen-bond acceptors (Lipinski definition) is 7. The third-order valence-corrected chi connectivity index (χ3v) is 8.33. The number of guanidine groups is 1. The Kier molecular flexibility index (Phi) is 6.52. The van der Waals surface area contributed by atoms with Gasteiger partial charge in [0.2, 0.25) is 0 Å². The fourth-order valence-corrected chi connectivity index (χ4v) is 6.02. The normalized spacial score (nSPS) is 25.4. The number of halogens is 5. The summed E-state index contributed by atoms with van der Waals surface area (Å²) >= 11 is 13.6. The highest BCUT2D eigenvalue weighted by Crippen LogP contribution is 2.53. The molecular weight excluding hydrogens is 564 g/mol. The Morgan fingerprint density at radius 1 is 1.13 bits per heavy atom. The van der Waals surface area contributed by atoms with Crippen LogP contribution in [0.4, 0.5) is 13.2 Å². The lowest BCUT2D eigenvalue weighted by atomic mass is 9.71. The highest BCUT2D eigenvalue weighted by Gasteiger charge is 2.60. The molecule has 2 aromatic carbocycles. The first-order valence-corrected chi connectivity index (χ1v) is 13.7. The molecule has 2 aromatic rings. The summed E-state index contributed by atoms with van der Waals surface area (Å²) in [7, 11) is -5.90. The molecule has 5 rings (SSSR count). The quantitative estimate of drug-likeness (QED) is 0.295. The van der Waals surface area contributed by atoms with E-state index in [0.29, 0.717) is 30.4 Å². The largest absolute Gasteiger partial charge is 0.534 e. The lowest BCUT2D eigenvalue weighted by Crippen LogP contribution is -2.55. The van der Waals surface area contributed by atoms with E-state index in [9.17, 15) is 21.6 Å². The summed E-state index contributed by atoms with van der Waals surface area (Å²) < 4.78 is 67.0. The van der Waals surface area contributed by atoms with Gasteiger partial charge in [-0.2, -0.15) is 21.6 Å². The SMILES string of the molecule is NC1=NC(c2cccc(OS(=O)(=O)C(F)(F)F)c2)(C2(Cl)C=CC=C(c3cccc(Cl)c3)C2)C2=NCCCN12. The molecule has 2 aliphatic heterocycles. The molecule has 0 saturated heterocycles. The van der Waals surface area contributed by atoms with Gasteiger partial charge < -0.3 is 9.92 Å². The Hall–Kier alpha value is -3.02. The van der Waals surface area contributed by atoms with Crippen LogP contribution in [-0.4, -0.2) is 48.6 Å². The zero-order chi connectivity index (χ0) is 27.3. The van der Waals surface area contributed by atoms with Crippen molar-refractivity contribution in [2.75, 3.05) is 13.1 Å². The molecule has 0 radical (unpaired) electrons. The molecule has 2 heterocycles. The van der Waals surface area contributed by atoms with Crippen molar-refractivity contribution in [2.45, 2.75) is 28.8 Å². The second-order valence-corrected chi connectivity index (χ2v) is 11.7.